The van der Waals surface area contributed by atoms with Crippen LogP contribution in [-0.2, 0) is 16.0 Å². The van der Waals surface area contributed by atoms with Crippen LogP contribution < -0.4 is 9.47 Å². The zero-order chi connectivity index (χ0) is 14.7. The summed E-state index contributed by atoms with van der Waals surface area (Å²) in [4.78, 5) is 14.1. The van der Waals surface area contributed by atoms with Crippen LogP contribution in [0.1, 0.15) is 12.5 Å². The molecular weight excluding hydrogens is 373 g/mol. The van der Waals surface area contributed by atoms with Gasteiger partial charge in [-0.3, -0.25) is 4.79 Å². The molecule has 0 aliphatic carbocycles. The van der Waals surface area contributed by atoms with Gasteiger partial charge in [0.2, 0.25) is 0 Å². The molecule has 2 aromatic rings. The quantitative estimate of drug-likeness (QED) is 0.631. The fourth-order valence-electron chi connectivity index (χ4n) is 2.15. The van der Waals surface area contributed by atoms with Crippen LogP contribution >= 0.6 is 22.6 Å². The lowest BCUT2D eigenvalue weighted by Gasteiger charge is -2.08. The predicted molar refractivity (Wildman–Crippen MR) is 84.5 cm³/mol. The Bertz CT molecular complexity index is 636. The molecule has 0 spiro atoms. The number of carbonyl (C=O) groups is 1. The number of carbonyl (C=O) groups excluding carboxylic acids is 1. The molecule has 0 atom stereocenters. The van der Waals surface area contributed by atoms with Crippen molar-refractivity contribution < 1.29 is 19.0 Å². The summed E-state index contributed by atoms with van der Waals surface area (Å²) < 4.78 is 16.7. The monoisotopic (exact) mass is 389 g/mol. The number of hydrogen-bond donors (Lipinski definition) is 1. The number of fused-ring (bicyclic) bond motifs is 1. The molecule has 20 heavy (non-hydrogen) atoms. The Labute approximate surface area is 130 Å². The van der Waals surface area contributed by atoms with Gasteiger partial charge in [0.05, 0.1) is 30.0 Å². The Hall–Kier alpha value is -1.44. The third kappa shape index (κ3) is 2.84. The lowest BCUT2D eigenvalue weighted by atomic mass is 10.1. The lowest BCUT2D eigenvalue weighted by Crippen LogP contribution is -2.03. The molecule has 1 aromatic heterocycles. The van der Waals surface area contributed by atoms with E-state index < -0.39 is 0 Å². The summed E-state index contributed by atoms with van der Waals surface area (Å²) in [6.45, 7) is 1.78. The van der Waals surface area contributed by atoms with Gasteiger partial charge < -0.3 is 19.2 Å². The Balaban J connectivity index is 2.41. The highest BCUT2D eigenvalue weighted by atomic mass is 127. The molecule has 5 nitrogen and oxygen atoms in total. The van der Waals surface area contributed by atoms with Crippen LogP contribution in [0.5, 0.6) is 11.5 Å². The third-order valence-electron chi connectivity index (χ3n) is 3.03. The highest BCUT2D eigenvalue weighted by Crippen LogP contribution is 2.37. The number of ether oxygens (including phenoxy) is 3. The molecule has 0 radical (unpaired) electrons. The van der Waals surface area contributed by atoms with Crippen molar-refractivity contribution >= 4 is 39.5 Å². The number of H-pyrrole nitrogens is 1. The summed E-state index contributed by atoms with van der Waals surface area (Å²) >= 11 is 2.23. The number of halogens is 1. The van der Waals surface area contributed by atoms with Gasteiger partial charge in [-0.25, -0.2) is 0 Å². The second-order valence-electron chi connectivity index (χ2n) is 4.23. The van der Waals surface area contributed by atoms with E-state index in [0.29, 0.717) is 24.5 Å². The molecule has 0 amide bonds. The molecule has 2 rings (SSSR count). The Kier molecular flexibility index (Phi) is 4.74. The molecule has 6 heteroatoms. The van der Waals surface area contributed by atoms with Gasteiger partial charge in [-0.1, -0.05) is 0 Å². The van der Waals surface area contributed by atoms with E-state index in [0.717, 1.165) is 20.2 Å². The van der Waals surface area contributed by atoms with E-state index in [4.69, 9.17) is 14.2 Å². The van der Waals surface area contributed by atoms with Crippen LogP contribution in [0.15, 0.2) is 12.1 Å². The zero-order valence-electron chi connectivity index (χ0n) is 11.6. The van der Waals surface area contributed by atoms with Crippen molar-refractivity contribution in [2.24, 2.45) is 0 Å². The van der Waals surface area contributed by atoms with Crippen LogP contribution in [0.2, 0.25) is 0 Å². The van der Waals surface area contributed by atoms with Crippen LogP contribution in [0, 0.1) is 3.70 Å². The molecule has 1 heterocycles. The van der Waals surface area contributed by atoms with Crippen LogP contribution in [0.25, 0.3) is 10.9 Å². The van der Waals surface area contributed by atoms with Crippen LogP contribution in [-0.4, -0.2) is 31.8 Å². The van der Waals surface area contributed by atoms with Gasteiger partial charge in [0.1, 0.15) is 0 Å². The van der Waals surface area contributed by atoms with Crippen molar-refractivity contribution in [3.05, 3.63) is 21.4 Å². The number of methoxy groups -OCH3 is 2. The minimum atomic E-state index is -0.265. The highest BCUT2D eigenvalue weighted by Gasteiger charge is 2.16. The average Bonchev–Trinajstić information content (AvgIpc) is 2.73. The molecule has 108 valence electrons. The lowest BCUT2D eigenvalue weighted by molar-refractivity contribution is -0.140. The maximum atomic E-state index is 10.8. The topological polar surface area (TPSA) is 60.5 Å². The SMILES string of the molecule is COc1ccc2c(CCOC(C)=O)c(I)[nH]c2c1OC. The van der Waals surface area contributed by atoms with Crippen molar-refractivity contribution in [2.45, 2.75) is 13.3 Å². The van der Waals surface area contributed by atoms with Crippen molar-refractivity contribution in [1.82, 2.24) is 4.98 Å². The van der Waals surface area contributed by atoms with E-state index >= 15 is 0 Å². The molecule has 1 aromatic carbocycles. The van der Waals surface area contributed by atoms with Crippen molar-refractivity contribution in [3.63, 3.8) is 0 Å². The van der Waals surface area contributed by atoms with Crippen LogP contribution in [0.4, 0.5) is 0 Å². The minimum absolute atomic E-state index is 0.265. The minimum Gasteiger partial charge on any atom is -0.493 e. The van der Waals surface area contributed by atoms with Gasteiger partial charge >= 0.3 is 5.97 Å². The first-order valence-corrected chi connectivity index (χ1v) is 7.20. The van der Waals surface area contributed by atoms with Crippen LogP contribution in [0.3, 0.4) is 0 Å². The Morgan fingerprint density at radius 2 is 2.05 bits per heavy atom. The Morgan fingerprint density at radius 3 is 2.65 bits per heavy atom. The van der Waals surface area contributed by atoms with Crippen molar-refractivity contribution in [2.75, 3.05) is 20.8 Å². The standard InChI is InChI=1S/C14H16INO4/c1-8(17)20-7-6-10-9-4-5-11(18-2)13(19-3)12(9)16-14(10)15/h4-5,16H,6-7H2,1-3H3. The van der Waals surface area contributed by atoms with Crippen molar-refractivity contribution in [1.29, 1.82) is 0 Å². The maximum Gasteiger partial charge on any atom is 0.302 e. The van der Waals surface area contributed by atoms with E-state index in [2.05, 4.69) is 27.6 Å². The summed E-state index contributed by atoms with van der Waals surface area (Å²) in [6, 6.07) is 3.86. The normalized spacial score (nSPS) is 10.6. The number of esters is 1. The first-order chi connectivity index (χ1) is 9.58. The fourth-order valence-corrected chi connectivity index (χ4v) is 2.98. The number of nitrogens with one attached hydrogen (secondary N) is 1. The molecule has 0 saturated carbocycles. The molecular formula is C14H16INO4. The smallest absolute Gasteiger partial charge is 0.302 e. The van der Waals surface area contributed by atoms with Gasteiger partial charge in [-0.05, 0) is 40.3 Å². The molecule has 1 N–H and O–H groups in total. The predicted octanol–water partition coefficient (Wildman–Crippen LogP) is 2.90. The molecule has 0 saturated heterocycles. The van der Waals surface area contributed by atoms with E-state index in [1.165, 1.54) is 6.92 Å². The average molecular weight is 389 g/mol. The molecule has 0 aliphatic heterocycles. The second kappa shape index (κ2) is 6.34. The molecule has 0 unspecified atom stereocenters. The summed E-state index contributed by atoms with van der Waals surface area (Å²) in [7, 11) is 3.22. The van der Waals surface area contributed by atoms with Gasteiger partial charge in [0.25, 0.3) is 0 Å². The summed E-state index contributed by atoms with van der Waals surface area (Å²) in [5, 5.41) is 1.05. The second-order valence-corrected chi connectivity index (χ2v) is 5.31. The summed E-state index contributed by atoms with van der Waals surface area (Å²) in [5.74, 6) is 1.10. The van der Waals surface area contributed by atoms with E-state index in [1.807, 2.05) is 12.1 Å². The highest BCUT2D eigenvalue weighted by molar-refractivity contribution is 14.1. The number of benzene rings is 1. The van der Waals surface area contributed by atoms with E-state index in [9.17, 15) is 4.79 Å². The fraction of sp³-hybridized carbons (Fsp3) is 0.357. The van der Waals surface area contributed by atoms with E-state index in [-0.39, 0.29) is 5.97 Å². The van der Waals surface area contributed by atoms with E-state index in [1.54, 1.807) is 14.2 Å². The Morgan fingerprint density at radius 1 is 1.30 bits per heavy atom. The zero-order valence-corrected chi connectivity index (χ0v) is 13.7. The first kappa shape index (κ1) is 15.0. The van der Waals surface area contributed by atoms with Gasteiger partial charge in [0.15, 0.2) is 11.5 Å². The first-order valence-electron chi connectivity index (χ1n) is 6.12. The van der Waals surface area contributed by atoms with Crippen molar-refractivity contribution in [3.8, 4) is 11.5 Å². The summed E-state index contributed by atoms with van der Waals surface area (Å²) in [6.07, 6.45) is 0.660. The number of hydrogen-bond acceptors (Lipinski definition) is 4. The number of aromatic nitrogens is 1. The molecule has 0 fully saturated rings. The number of aromatic amines is 1. The van der Waals surface area contributed by atoms with Gasteiger partial charge in [0, 0.05) is 18.7 Å². The third-order valence-corrected chi connectivity index (χ3v) is 3.95. The number of rotatable bonds is 5. The maximum absolute atomic E-state index is 10.8. The van der Waals surface area contributed by atoms with Gasteiger partial charge in [-0.2, -0.15) is 0 Å². The largest absolute Gasteiger partial charge is 0.493 e. The summed E-state index contributed by atoms with van der Waals surface area (Å²) in [5.41, 5.74) is 2.01. The molecule has 0 aliphatic rings. The van der Waals surface area contributed by atoms with Gasteiger partial charge in [-0.15, -0.1) is 0 Å². The molecule has 0 bridgehead atoms.